The highest BCUT2D eigenvalue weighted by Crippen LogP contribution is 2.13. The van der Waals surface area contributed by atoms with E-state index >= 15 is 0 Å². The fourth-order valence-corrected chi connectivity index (χ4v) is 2.56. The van der Waals surface area contributed by atoms with Gasteiger partial charge in [0.05, 0.1) is 38.3 Å². The Labute approximate surface area is 96.9 Å². The predicted octanol–water partition coefficient (Wildman–Crippen LogP) is 1.87. The first-order valence-corrected chi connectivity index (χ1v) is 6.28. The third-order valence-electron chi connectivity index (χ3n) is 2.07. The molecule has 14 heavy (non-hydrogen) atoms. The van der Waals surface area contributed by atoms with E-state index in [1.54, 1.807) is 0 Å². The van der Waals surface area contributed by atoms with Crippen molar-refractivity contribution in [3.05, 3.63) is 28.7 Å². The summed E-state index contributed by atoms with van der Waals surface area (Å²) in [7, 11) is 0. The predicted molar refractivity (Wildman–Crippen MR) is 63.6 cm³/mol. The van der Waals surface area contributed by atoms with Gasteiger partial charge in [0.1, 0.15) is 0 Å². The van der Waals surface area contributed by atoms with E-state index in [0.29, 0.717) is 0 Å². The summed E-state index contributed by atoms with van der Waals surface area (Å²) in [6.07, 6.45) is 0. The molecule has 1 saturated heterocycles. The average molecular weight is 275 g/mol. The summed E-state index contributed by atoms with van der Waals surface area (Å²) < 4.78 is 8.84. The van der Waals surface area contributed by atoms with Crippen LogP contribution in [0, 0.1) is 0 Å². The fraction of sp³-hybridized carbons (Fsp3) is 0.400. The number of rotatable bonds is 2. The van der Waals surface area contributed by atoms with Crippen molar-refractivity contribution in [1.29, 1.82) is 0 Å². The maximum Gasteiger partial charge on any atom is 0.173 e. The molecule has 1 aliphatic rings. The van der Waals surface area contributed by atoms with Crippen molar-refractivity contribution in [2.45, 2.75) is 4.90 Å². The van der Waals surface area contributed by atoms with Crippen LogP contribution in [0.1, 0.15) is 0 Å². The van der Waals surface area contributed by atoms with Gasteiger partial charge in [0.25, 0.3) is 0 Å². The molecule has 1 aromatic carbocycles. The normalized spacial score (nSPS) is 18.4. The van der Waals surface area contributed by atoms with Gasteiger partial charge in [0.15, 0.2) is 4.90 Å². The summed E-state index contributed by atoms with van der Waals surface area (Å²) in [6.45, 7) is 3.81. The zero-order valence-corrected chi connectivity index (χ0v) is 10.3. The first kappa shape index (κ1) is 10.5. The summed E-state index contributed by atoms with van der Waals surface area (Å²) in [5.41, 5.74) is 0. The van der Waals surface area contributed by atoms with Gasteiger partial charge in [-0.3, -0.25) is 0 Å². The summed E-state index contributed by atoms with van der Waals surface area (Å²) in [5.74, 6) is 0. The van der Waals surface area contributed by atoms with Crippen LogP contribution in [0.5, 0.6) is 0 Å². The van der Waals surface area contributed by atoms with Crippen LogP contribution in [-0.4, -0.2) is 30.6 Å². The molecule has 4 heteroatoms. The van der Waals surface area contributed by atoms with E-state index in [2.05, 4.69) is 44.5 Å². The number of hydrogen-bond acceptors (Lipinski definition) is 2. The minimum absolute atomic E-state index is 0.865. The van der Waals surface area contributed by atoms with Crippen LogP contribution in [0.2, 0.25) is 0 Å². The second kappa shape index (κ2) is 5.16. The smallest absolute Gasteiger partial charge is 0.173 e. The van der Waals surface area contributed by atoms with E-state index in [1.165, 1.54) is 16.8 Å². The minimum Gasteiger partial charge on any atom is -0.378 e. The van der Waals surface area contributed by atoms with Gasteiger partial charge in [-0.1, -0.05) is 15.9 Å². The van der Waals surface area contributed by atoms with Crippen LogP contribution in [0.4, 0.5) is 0 Å². The Balaban J connectivity index is 1.92. The highest BCUT2D eigenvalue weighted by Gasteiger charge is 2.18. The Hall–Kier alpha value is -0.0300. The SMILES string of the molecule is Brc1ccc([SH+]N2CCOCC2)cc1. The van der Waals surface area contributed by atoms with E-state index in [0.717, 1.165) is 30.8 Å². The first-order valence-electron chi connectivity index (χ1n) is 4.64. The van der Waals surface area contributed by atoms with Crippen LogP contribution in [0.25, 0.3) is 0 Å². The standard InChI is InChI=1S/C10H12BrNOS/c11-9-1-3-10(4-2-9)14-12-5-7-13-8-6-12/h1-4H,5-8H2/p+1. The van der Waals surface area contributed by atoms with E-state index in [-0.39, 0.29) is 0 Å². The fourth-order valence-electron chi connectivity index (χ4n) is 1.32. The molecular formula is C10H13BrNOS+. The van der Waals surface area contributed by atoms with Crippen molar-refractivity contribution in [2.24, 2.45) is 0 Å². The molecule has 2 nitrogen and oxygen atoms in total. The van der Waals surface area contributed by atoms with Gasteiger partial charge >= 0.3 is 0 Å². The monoisotopic (exact) mass is 274 g/mol. The summed E-state index contributed by atoms with van der Waals surface area (Å²) in [6, 6.07) is 8.48. The summed E-state index contributed by atoms with van der Waals surface area (Å²) in [4.78, 5) is 1.34. The molecule has 1 fully saturated rings. The summed E-state index contributed by atoms with van der Waals surface area (Å²) >= 11 is 4.73. The lowest BCUT2D eigenvalue weighted by atomic mass is 10.4. The highest BCUT2D eigenvalue weighted by molar-refractivity contribution is 9.10. The van der Waals surface area contributed by atoms with Gasteiger partial charge in [-0.25, -0.2) is 0 Å². The molecular weight excluding hydrogens is 262 g/mol. The first-order chi connectivity index (χ1) is 6.84. The molecule has 0 N–H and O–H groups in total. The van der Waals surface area contributed by atoms with Crippen molar-refractivity contribution in [3.63, 3.8) is 0 Å². The lowest BCUT2D eigenvalue weighted by molar-refractivity contribution is 0.0769. The lowest BCUT2D eigenvalue weighted by Crippen LogP contribution is -2.35. The Morgan fingerprint density at radius 2 is 1.79 bits per heavy atom. The van der Waals surface area contributed by atoms with E-state index < -0.39 is 0 Å². The molecule has 0 bridgehead atoms. The van der Waals surface area contributed by atoms with Gasteiger partial charge in [-0.15, -0.1) is 4.31 Å². The molecule has 0 saturated carbocycles. The Kier molecular flexibility index (Phi) is 3.87. The highest BCUT2D eigenvalue weighted by atomic mass is 79.9. The number of hydrogen-bond donors (Lipinski definition) is 0. The van der Waals surface area contributed by atoms with Crippen molar-refractivity contribution >= 4 is 27.9 Å². The number of thiol groups is 1. The quantitative estimate of drug-likeness (QED) is 0.603. The number of nitrogens with zero attached hydrogens (tertiary/aromatic N) is 1. The Morgan fingerprint density at radius 3 is 2.43 bits per heavy atom. The molecule has 2 rings (SSSR count). The van der Waals surface area contributed by atoms with E-state index in [9.17, 15) is 0 Å². The van der Waals surface area contributed by atoms with Crippen LogP contribution >= 0.6 is 15.9 Å². The molecule has 1 aliphatic heterocycles. The van der Waals surface area contributed by atoms with Crippen molar-refractivity contribution in [2.75, 3.05) is 26.3 Å². The van der Waals surface area contributed by atoms with Crippen molar-refractivity contribution < 1.29 is 4.74 Å². The second-order valence-corrected chi connectivity index (χ2v) is 5.34. The van der Waals surface area contributed by atoms with E-state index in [4.69, 9.17) is 4.74 Å². The third-order valence-corrected chi connectivity index (χ3v) is 3.81. The van der Waals surface area contributed by atoms with Crippen LogP contribution in [0.15, 0.2) is 33.6 Å². The Morgan fingerprint density at radius 1 is 1.14 bits per heavy atom. The topological polar surface area (TPSA) is 12.5 Å². The molecule has 1 aromatic rings. The number of ether oxygens (including phenoxy) is 1. The molecule has 0 radical (unpaired) electrons. The third kappa shape index (κ3) is 2.98. The van der Waals surface area contributed by atoms with Gasteiger partial charge < -0.3 is 4.74 Å². The van der Waals surface area contributed by atoms with Gasteiger partial charge in [0.2, 0.25) is 0 Å². The van der Waals surface area contributed by atoms with Crippen molar-refractivity contribution in [1.82, 2.24) is 4.31 Å². The van der Waals surface area contributed by atoms with Gasteiger partial charge in [-0.05, 0) is 24.3 Å². The second-order valence-electron chi connectivity index (χ2n) is 3.14. The maximum absolute atomic E-state index is 5.30. The molecule has 0 aromatic heterocycles. The summed E-state index contributed by atoms with van der Waals surface area (Å²) in [5, 5.41) is 0. The lowest BCUT2D eigenvalue weighted by Gasteiger charge is -2.18. The van der Waals surface area contributed by atoms with Crippen LogP contribution in [-0.2, 0) is 16.7 Å². The molecule has 1 heterocycles. The van der Waals surface area contributed by atoms with E-state index in [1.807, 2.05) is 0 Å². The zero-order valence-electron chi connectivity index (χ0n) is 7.82. The largest absolute Gasteiger partial charge is 0.378 e. The molecule has 0 amide bonds. The van der Waals surface area contributed by atoms with Gasteiger partial charge in [-0.2, -0.15) is 0 Å². The van der Waals surface area contributed by atoms with Crippen LogP contribution in [0.3, 0.4) is 0 Å². The maximum atomic E-state index is 5.30. The minimum atomic E-state index is 0.865. The molecule has 0 aliphatic carbocycles. The molecule has 0 atom stereocenters. The van der Waals surface area contributed by atoms with Gasteiger partial charge in [0, 0.05) is 4.47 Å². The average Bonchev–Trinajstić information content (AvgIpc) is 2.23. The van der Waals surface area contributed by atoms with Crippen LogP contribution < -0.4 is 0 Å². The molecule has 0 spiro atoms. The zero-order chi connectivity index (χ0) is 9.80. The molecule has 0 unspecified atom stereocenters. The van der Waals surface area contributed by atoms with Crippen molar-refractivity contribution in [3.8, 4) is 0 Å². The Bertz CT molecular complexity index is 285. The molecule has 76 valence electrons. The number of halogens is 1. The number of benzene rings is 1. The number of morpholine rings is 1.